The molecule has 0 aliphatic carbocycles. The Morgan fingerprint density at radius 3 is 2.38 bits per heavy atom. The summed E-state index contributed by atoms with van der Waals surface area (Å²) in [6.45, 7) is 2.11. The lowest BCUT2D eigenvalue weighted by atomic mass is 10.2. The van der Waals surface area contributed by atoms with Crippen molar-refractivity contribution in [2.75, 3.05) is 10.6 Å². The Bertz CT molecular complexity index is 716. The van der Waals surface area contributed by atoms with Crippen molar-refractivity contribution in [3.63, 3.8) is 0 Å². The maximum Gasteiger partial charge on any atom is 0.255 e. The molecule has 0 aliphatic heterocycles. The van der Waals surface area contributed by atoms with Crippen LogP contribution in [0.3, 0.4) is 0 Å². The molecule has 24 heavy (non-hydrogen) atoms. The molecule has 2 amide bonds. The number of rotatable bonds is 7. The minimum atomic E-state index is -0.192. The van der Waals surface area contributed by atoms with Crippen LogP contribution in [0.25, 0.3) is 0 Å². The highest BCUT2D eigenvalue weighted by Crippen LogP contribution is 2.18. The molecule has 2 aromatic carbocycles. The zero-order valence-electron chi connectivity index (χ0n) is 13.6. The normalized spacial score (nSPS) is 10.2. The summed E-state index contributed by atoms with van der Waals surface area (Å²) in [5.74, 6) is -0.193. The number of hydrogen-bond donors (Lipinski definition) is 2. The first kappa shape index (κ1) is 18.2. The van der Waals surface area contributed by atoms with E-state index in [1.807, 2.05) is 18.2 Å². The minimum absolute atomic E-state index is 0.00100. The molecule has 0 unspecified atom stereocenters. The van der Waals surface area contributed by atoms with E-state index in [9.17, 15) is 9.59 Å². The van der Waals surface area contributed by atoms with E-state index in [1.54, 1.807) is 30.3 Å². The van der Waals surface area contributed by atoms with Gasteiger partial charge in [0.2, 0.25) is 5.91 Å². The van der Waals surface area contributed by atoms with Gasteiger partial charge in [0.15, 0.2) is 0 Å². The molecule has 0 aliphatic rings. The second-order valence-electron chi connectivity index (χ2n) is 5.55. The number of unbranched alkanes of at least 4 members (excludes halogenated alkanes) is 2. The summed E-state index contributed by atoms with van der Waals surface area (Å²) in [4.78, 5) is 24.1. The van der Waals surface area contributed by atoms with E-state index in [1.165, 1.54) is 0 Å². The van der Waals surface area contributed by atoms with E-state index in [0.717, 1.165) is 23.7 Å². The molecule has 0 atom stereocenters. The van der Waals surface area contributed by atoms with Crippen LogP contribution >= 0.6 is 15.9 Å². The molecule has 2 rings (SSSR count). The van der Waals surface area contributed by atoms with Crippen LogP contribution in [0.5, 0.6) is 0 Å². The Morgan fingerprint density at radius 1 is 0.958 bits per heavy atom. The number of amides is 2. The molecule has 0 radical (unpaired) electrons. The van der Waals surface area contributed by atoms with Crippen LogP contribution in [0.1, 0.15) is 43.0 Å². The molecule has 0 fully saturated rings. The SMILES string of the molecule is CCCCCC(=O)Nc1cccc(NC(=O)c2cccc(Br)c2)c1. The molecule has 0 saturated heterocycles. The largest absolute Gasteiger partial charge is 0.326 e. The summed E-state index contributed by atoms with van der Waals surface area (Å²) in [5.41, 5.74) is 1.90. The smallest absolute Gasteiger partial charge is 0.255 e. The third-order valence-corrected chi connectivity index (χ3v) is 3.99. The second kappa shape index (κ2) is 9.23. The fourth-order valence-corrected chi connectivity index (χ4v) is 2.67. The van der Waals surface area contributed by atoms with Crippen LogP contribution in [0.15, 0.2) is 53.0 Å². The standard InChI is InChI=1S/C19H21BrN2O2/c1-2-3-4-11-18(23)21-16-9-6-10-17(13-16)22-19(24)14-7-5-8-15(20)12-14/h5-10,12-13H,2-4,11H2,1H3,(H,21,23)(H,22,24). The number of hydrogen-bond acceptors (Lipinski definition) is 2. The van der Waals surface area contributed by atoms with Crippen LogP contribution in [-0.4, -0.2) is 11.8 Å². The first-order chi connectivity index (χ1) is 11.6. The molecule has 0 aromatic heterocycles. The van der Waals surface area contributed by atoms with Gasteiger partial charge in [-0.3, -0.25) is 9.59 Å². The van der Waals surface area contributed by atoms with Gasteiger partial charge >= 0.3 is 0 Å². The van der Waals surface area contributed by atoms with Gasteiger partial charge in [-0.25, -0.2) is 0 Å². The minimum Gasteiger partial charge on any atom is -0.326 e. The van der Waals surface area contributed by atoms with E-state index in [0.29, 0.717) is 23.4 Å². The Hall–Kier alpha value is -2.14. The van der Waals surface area contributed by atoms with Crippen LogP contribution in [0, 0.1) is 0 Å². The van der Waals surface area contributed by atoms with Crippen LogP contribution < -0.4 is 10.6 Å². The molecule has 126 valence electrons. The zero-order valence-corrected chi connectivity index (χ0v) is 15.2. The van der Waals surface area contributed by atoms with Gasteiger partial charge in [0.1, 0.15) is 0 Å². The van der Waals surface area contributed by atoms with Crippen molar-refractivity contribution in [2.45, 2.75) is 32.6 Å². The highest BCUT2D eigenvalue weighted by atomic mass is 79.9. The van der Waals surface area contributed by atoms with Crippen molar-refractivity contribution in [2.24, 2.45) is 0 Å². The Kier molecular flexibility index (Phi) is 7.00. The summed E-state index contributed by atoms with van der Waals surface area (Å²) >= 11 is 3.35. The second-order valence-corrected chi connectivity index (χ2v) is 6.47. The summed E-state index contributed by atoms with van der Waals surface area (Å²) in [6.07, 6.45) is 3.55. The molecule has 4 nitrogen and oxygen atoms in total. The number of carbonyl (C=O) groups excluding carboxylic acids is 2. The summed E-state index contributed by atoms with van der Waals surface area (Å²) in [7, 11) is 0. The molecule has 0 heterocycles. The third-order valence-electron chi connectivity index (χ3n) is 3.50. The molecular weight excluding hydrogens is 368 g/mol. The predicted molar refractivity (Wildman–Crippen MR) is 101 cm³/mol. The first-order valence-corrected chi connectivity index (χ1v) is 8.84. The number of benzene rings is 2. The Labute approximate surface area is 150 Å². The van der Waals surface area contributed by atoms with Crippen LogP contribution in [-0.2, 0) is 4.79 Å². The molecule has 0 saturated carbocycles. The lowest BCUT2D eigenvalue weighted by molar-refractivity contribution is -0.116. The van der Waals surface area contributed by atoms with Gasteiger partial charge in [-0.1, -0.05) is 47.8 Å². The maximum atomic E-state index is 12.3. The predicted octanol–water partition coefficient (Wildman–Crippen LogP) is 5.22. The number of nitrogens with one attached hydrogen (secondary N) is 2. The topological polar surface area (TPSA) is 58.2 Å². The van der Waals surface area contributed by atoms with E-state index >= 15 is 0 Å². The summed E-state index contributed by atoms with van der Waals surface area (Å²) in [6, 6.07) is 14.4. The van der Waals surface area contributed by atoms with Crippen molar-refractivity contribution in [3.8, 4) is 0 Å². The molecule has 0 bridgehead atoms. The van der Waals surface area contributed by atoms with Crippen molar-refractivity contribution < 1.29 is 9.59 Å². The molecule has 2 aromatic rings. The Balaban J connectivity index is 1.97. The van der Waals surface area contributed by atoms with Crippen LogP contribution in [0.2, 0.25) is 0 Å². The monoisotopic (exact) mass is 388 g/mol. The van der Waals surface area contributed by atoms with E-state index in [-0.39, 0.29) is 11.8 Å². The van der Waals surface area contributed by atoms with Crippen molar-refractivity contribution in [1.29, 1.82) is 0 Å². The van der Waals surface area contributed by atoms with E-state index in [2.05, 4.69) is 33.5 Å². The quantitative estimate of drug-likeness (QED) is 0.638. The number of carbonyl (C=O) groups is 2. The van der Waals surface area contributed by atoms with Gasteiger partial charge in [0, 0.05) is 27.8 Å². The van der Waals surface area contributed by atoms with Crippen molar-refractivity contribution in [1.82, 2.24) is 0 Å². The summed E-state index contributed by atoms with van der Waals surface area (Å²) in [5, 5.41) is 5.71. The maximum absolute atomic E-state index is 12.3. The average molecular weight is 389 g/mol. The average Bonchev–Trinajstić information content (AvgIpc) is 2.55. The van der Waals surface area contributed by atoms with E-state index < -0.39 is 0 Å². The van der Waals surface area contributed by atoms with Gasteiger partial charge in [0.05, 0.1) is 0 Å². The fourth-order valence-electron chi connectivity index (χ4n) is 2.27. The lowest BCUT2D eigenvalue weighted by Gasteiger charge is -2.09. The Morgan fingerprint density at radius 2 is 1.67 bits per heavy atom. The molecule has 0 spiro atoms. The third kappa shape index (κ3) is 5.81. The van der Waals surface area contributed by atoms with Gasteiger partial charge in [-0.2, -0.15) is 0 Å². The molecular formula is C19H21BrN2O2. The van der Waals surface area contributed by atoms with Crippen molar-refractivity contribution in [3.05, 3.63) is 58.6 Å². The van der Waals surface area contributed by atoms with Gasteiger partial charge < -0.3 is 10.6 Å². The highest BCUT2D eigenvalue weighted by Gasteiger charge is 2.08. The number of halogens is 1. The van der Waals surface area contributed by atoms with Gasteiger partial charge in [0.25, 0.3) is 5.91 Å². The van der Waals surface area contributed by atoms with Crippen molar-refractivity contribution >= 4 is 39.1 Å². The zero-order chi connectivity index (χ0) is 17.4. The lowest BCUT2D eigenvalue weighted by Crippen LogP contribution is -2.13. The van der Waals surface area contributed by atoms with Gasteiger partial charge in [-0.05, 0) is 42.8 Å². The van der Waals surface area contributed by atoms with E-state index in [4.69, 9.17) is 0 Å². The summed E-state index contributed by atoms with van der Waals surface area (Å²) < 4.78 is 0.850. The van der Waals surface area contributed by atoms with Gasteiger partial charge in [-0.15, -0.1) is 0 Å². The molecule has 5 heteroatoms. The first-order valence-electron chi connectivity index (χ1n) is 8.05. The highest BCUT2D eigenvalue weighted by molar-refractivity contribution is 9.10. The molecule has 2 N–H and O–H groups in total. The number of anilines is 2. The fraction of sp³-hybridized carbons (Fsp3) is 0.263. The van der Waals surface area contributed by atoms with Crippen LogP contribution in [0.4, 0.5) is 11.4 Å².